The summed E-state index contributed by atoms with van der Waals surface area (Å²) in [6.07, 6.45) is 3.24. The van der Waals surface area contributed by atoms with Crippen LogP contribution in [0.15, 0.2) is 42.5 Å². The van der Waals surface area contributed by atoms with Crippen molar-refractivity contribution in [2.45, 2.75) is 57.7 Å². The average molecular weight is 491 g/mol. The van der Waals surface area contributed by atoms with Crippen LogP contribution in [0.5, 0.6) is 17.2 Å². The second-order valence-electron chi connectivity index (χ2n) is 8.57. The predicted molar refractivity (Wildman–Crippen MR) is 132 cm³/mol. The molecule has 8 nitrogen and oxygen atoms in total. The Bertz CT molecular complexity index is 1130. The number of hydrogen-bond acceptors (Lipinski definition) is 6. The number of para-hydroxylation sites is 1. The molecular weight excluding hydrogens is 456 g/mol. The molecule has 0 saturated carbocycles. The van der Waals surface area contributed by atoms with E-state index in [-0.39, 0.29) is 11.7 Å². The molecule has 1 N–H and O–H groups in total. The van der Waals surface area contributed by atoms with Crippen LogP contribution in [0.3, 0.4) is 0 Å². The fourth-order valence-corrected chi connectivity index (χ4v) is 5.64. The largest absolute Gasteiger partial charge is 0.497 e. The van der Waals surface area contributed by atoms with Crippen molar-refractivity contribution in [3.8, 4) is 17.2 Å². The standard InChI is InChI=1S/C25H34N2O6S/c1-7-25(8-2)16-20(19-11-9-10-12-22(19)33-25)26-24(28)17(3)27(34(6,29)30)21-15-18(31-4)13-14-23(21)32-5/h9-15,17,20H,7-8,16H2,1-6H3,(H,26,28)/t17-,20+/m0/s1. The Morgan fingerprint density at radius 1 is 1.18 bits per heavy atom. The molecule has 0 aliphatic carbocycles. The van der Waals surface area contributed by atoms with E-state index in [9.17, 15) is 13.2 Å². The van der Waals surface area contributed by atoms with E-state index < -0.39 is 27.6 Å². The van der Waals surface area contributed by atoms with Crippen LogP contribution in [-0.4, -0.2) is 46.4 Å². The number of rotatable bonds is 9. The molecule has 1 amide bonds. The number of sulfonamides is 1. The number of nitrogens with one attached hydrogen (secondary N) is 1. The molecule has 34 heavy (non-hydrogen) atoms. The number of hydrogen-bond donors (Lipinski definition) is 1. The molecule has 0 radical (unpaired) electrons. The first-order valence-corrected chi connectivity index (χ1v) is 13.2. The van der Waals surface area contributed by atoms with Gasteiger partial charge < -0.3 is 19.5 Å². The zero-order valence-corrected chi connectivity index (χ0v) is 21.4. The van der Waals surface area contributed by atoms with Crippen LogP contribution >= 0.6 is 0 Å². The van der Waals surface area contributed by atoms with E-state index in [2.05, 4.69) is 19.2 Å². The van der Waals surface area contributed by atoms with Gasteiger partial charge in [-0.05, 0) is 38.0 Å². The van der Waals surface area contributed by atoms with E-state index >= 15 is 0 Å². The Kier molecular flexibility index (Phi) is 7.65. The van der Waals surface area contributed by atoms with E-state index in [1.807, 2.05) is 24.3 Å². The molecule has 0 aromatic heterocycles. The van der Waals surface area contributed by atoms with Gasteiger partial charge in [0.2, 0.25) is 15.9 Å². The number of amides is 1. The van der Waals surface area contributed by atoms with Gasteiger partial charge in [-0.2, -0.15) is 0 Å². The van der Waals surface area contributed by atoms with Gasteiger partial charge in [0.1, 0.15) is 28.9 Å². The van der Waals surface area contributed by atoms with Gasteiger partial charge in [0, 0.05) is 18.1 Å². The summed E-state index contributed by atoms with van der Waals surface area (Å²) in [5, 5.41) is 3.09. The lowest BCUT2D eigenvalue weighted by molar-refractivity contribution is -0.123. The molecule has 2 atom stereocenters. The minimum absolute atomic E-state index is 0.232. The van der Waals surface area contributed by atoms with Crippen molar-refractivity contribution in [3.05, 3.63) is 48.0 Å². The number of benzene rings is 2. The van der Waals surface area contributed by atoms with Crippen molar-refractivity contribution in [2.75, 3.05) is 24.8 Å². The first-order chi connectivity index (χ1) is 16.1. The highest BCUT2D eigenvalue weighted by atomic mass is 32.2. The fraction of sp³-hybridized carbons (Fsp3) is 0.480. The zero-order valence-electron chi connectivity index (χ0n) is 20.6. The molecule has 3 rings (SSSR count). The third kappa shape index (κ3) is 5.09. The highest BCUT2D eigenvalue weighted by Crippen LogP contribution is 2.43. The van der Waals surface area contributed by atoms with E-state index in [0.717, 1.165) is 34.7 Å². The zero-order chi connectivity index (χ0) is 25.1. The minimum Gasteiger partial charge on any atom is -0.497 e. The second-order valence-corrected chi connectivity index (χ2v) is 10.4. The smallest absolute Gasteiger partial charge is 0.244 e. The number of anilines is 1. The summed E-state index contributed by atoms with van der Waals surface area (Å²) < 4.78 is 43.8. The lowest BCUT2D eigenvalue weighted by atomic mass is 9.83. The molecule has 2 aromatic carbocycles. The molecule has 1 aliphatic rings. The summed E-state index contributed by atoms with van der Waals surface area (Å²) in [6, 6.07) is 11.1. The highest BCUT2D eigenvalue weighted by Gasteiger charge is 2.40. The Morgan fingerprint density at radius 3 is 2.44 bits per heavy atom. The van der Waals surface area contributed by atoms with Crippen LogP contribution < -0.4 is 23.8 Å². The number of carbonyl (C=O) groups is 1. The van der Waals surface area contributed by atoms with Crippen LogP contribution in [0.4, 0.5) is 5.69 Å². The van der Waals surface area contributed by atoms with Gasteiger partial charge in [0.15, 0.2) is 0 Å². The van der Waals surface area contributed by atoms with Crippen LogP contribution in [0.2, 0.25) is 0 Å². The van der Waals surface area contributed by atoms with Crippen LogP contribution in [0.25, 0.3) is 0 Å². The topological polar surface area (TPSA) is 94.2 Å². The molecule has 186 valence electrons. The molecule has 9 heteroatoms. The summed E-state index contributed by atoms with van der Waals surface area (Å²) in [6.45, 7) is 5.70. The molecule has 0 spiro atoms. The van der Waals surface area contributed by atoms with Gasteiger partial charge in [-0.1, -0.05) is 32.0 Å². The van der Waals surface area contributed by atoms with Gasteiger partial charge in [0.25, 0.3) is 0 Å². The Labute approximate surface area is 202 Å². The minimum atomic E-state index is -3.84. The number of carbonyl (C=O) groups excluding carboxylic acids is 1. The number of methoxy groups -OCH3 is 2. The van der Waals surface area contributed by atoms with Gasteiger partial charge >= 0.3 is 0 Å². The molecule has 2 aromatic rings. The first kappa shape index (κ1) is 25.7. The maximum absolute atomic E-state index is 13.5. The first-order valence-electron chi connectivity index (χ1n) is 11.4. The molecule has 0 unspecified atom stereocenters. The summed E-state index contributed by atoms with van der Waals surface area (Å²) in [5.74, 6) is 1.09. The summed E-state index contributed by atoms with van der Waals surface area (Å²) in [5.41, 5.74) is 0.712. The molecule has 1 aliphatic heterocycles. The monoisotopic (exact) mass is 490 g/mol. The van der Waals surface area contributed by atoms with Gasteiger partial charge in [-0.25, -0.2) is 8.42 Å². The third-order valence-corrected chi connectivity index (χ3v) is 7.74. The predicted octanol–water partition coefficient (Wildman–Crippen LogP) is 4.06. The average Bonchev–Trinajstić information content (AvgIpc) is 2.82. The molecule has 0 bridgehead atoms. The normalized spacial score (nSPS) is 17.6. The quantitative estimate of drug-likeness (QED) is 0.570. The van der Waals surface area contributed by atoms with Gasteiger partial charge in [-0.3, -0.25) is 9.10 Å². The highest BCUT2D eigenvalue weighted by molar-refractivity contribution is 7.92. The molecule has 1 heterocycles. The third-order valence-electron chi connectivity index (χ3n) is 6.51. The second kappa shape index (κ2) is 10.1. The van der Waals surface area contributed by atoms with Crippen molar-refractivity contribution >= 4 is 21.6 Å². The Balaban J connectivity index is 1.97. The van der Waals surface area contributed by atoms with E-state index in [0.29, 0.717) is 17.9 Å². The lowest BCUT2D eigenvalue weighted by Crippen LogP contribution is -2.51. The molecule has 0 saturated heterocycles. The van der Waals surface area contributed by atoms with Crippen molar-refractivity contribution in [2.24, 2.45) is 0 Å². The van der Waals surface area contributed by atoms with Crippen molar-refractivity contribution in [1.29, 1.82) is 0 Å². The van der Waals surface area contributed by atoms with Crippen molar-refractivity contribution in [3.63, 3.8) is 0 Å². The van der Waals surface area contributed by atoms with Crippen molar-refractivity contribution in [1.82, 2.24) is 5.32 Å². The number of fused-ring (bicyclic) bond motifs is 1. The van der Waals surface area contributed by atoms with Crippen molar-refractivity contribution < 1.29 is 27.4 Å². The maximum Gasteiger partial charge on any atom is 0.244 e. The van der Waals surface area contributed by atoms with Crippen LogP contribution in [-0.2, 0) is 14.8 Å². The fourth-order valence-electron chi connectivity index (χ4n) is 4.47. The molecule has 0 fully saturated rings. The van der Waals surface area contributed by atoms with E-state index in [1.54, 1.807) is 25.1 Å². The van der Waals surface area contributed by atoms with E-state index in [4.69, 9.17) is 14.2 Å². The lowest BCUT2D eigenvalue weighted by Gasteiger charge is -2.42. The summed E-state index contributed by atoms with van der Waals surface area (Å²) in [7, 11) is -0.903. The SMILES string of the molecule is CCC1(CC)C[C@@H](NC(=O)[C@H](C)N(c2cc(OC)ccc2OC)S(C)(=O)=O)c2ccccc2O1. The summed E-state index contributed by atoms with van der Waals surface area (Å²) >= 11 is 0. The van der Waals surface area contributed by atoms with Crippen LogP contribution in [0, 0.1) is 0 Å². The number of nitrogens with zero attached hydrogens (tertiary/aromatic N) is 1. The van der Waals surface area contributed by atoms with Crippen LogP contribution in [0.1, 0.15) is 51.6 Å². The number of ether oxygens (including phenoxy) is 3. The Morgan fingerprint density at radius 2 is 1.85 bits per heavy atom. The van der Waals surface area contributed by atoms with E-state index in [1.165, 1.54) is 14.2 Å². The maximum atomic E-state index is 13.5. The molecular formula is C25H34N2O6S. The summed E-state index contributed by atoms with van der Waals surface area (Å²) in [4.78, 5) is 13.5. The van der Waals surface area contributed by atoms with Gasteiger partial charge in [-0.15, -0.1) is 0 Å². The Hall–Kier alpha value is -2.94. The van der Waals surface area contributed by atoms with Gasteiger partial charge in [0.05, 0.1) is 32.2 Å².